The van der Waals surface area contributed by atoms with Gasteiger partial charge in [0.25, 0.3) is 0 Å². The molecule has 1 rings (SSSR count). The van der Waals surface area contributed by atoms with Crippen molar-refractivity contribution in [2.75, 3.05) is 0 Å². The zero-order chi connectivity index (χ0) is 8.10. The van der Waals surface area contributed by atoms with Gasteiger partial charge in [-0.3, -0.25) is 4.98 Å². The number of pyridine rings is 1. The van der Waals surface area contributed by atoms with Crippen LogP contribution in [0.5, 0.6) is 0 Å². The van der Waals surface area contributed by atoms with Crippen LogP contribution < -0.4 is 0 Å². The molecule has 0 aromatic carbocycles. The Morgan fingerprint density at radius 3 is 2.45 bits per heavy atom. The fourth-order valence-electron chi connectivity index (χ4n) is 0.663. The van der Waals surface area contributed by atoms with Crippen LogP contribution in [0.15, 0.2) is 24.5 Å². The van der Waals surface area contributed by atoms with E-state index in [2.05, 4.69) is 30.7 Å². The molecule has 11 heavy (non-hydrogen) atoms. The van der Waals surface area contributed by atoms with E-state index in [4.69, 9.17) is 0 Å². The highest BCUT2D eigenvalue weighted by molar-refractivity contribution is 5.32. The summed E-state index contributed by atoms with van der Waals surface area (Å²) < 4.78 is 0. The Bertz CT molecular complexity index is 264. The quantitative estimate of drug-likeness (QED) is 0.509. The van der Waals surface area contributed by atoms with E-state index < -0.39 is 0 Å². The maximum atomic E-state index is 3.90. The van der Waals surface area contributed by atoms with Crippen molar-refractivity contribution >= 4 is 0 Å². The lowest BCUT2D eigenvalue weighted by molar-refractivity contribution is 0.866. The second-order valence-corrected chi connectivity index (χ2v) is 2.66. The van der Waals surface area contributed by atoms with Crippen molar-refractivity contribution in [1.29, 1.82) is 0 Å². The molecule has 0 N–H and O–H groups in total. The van der Waals surface area contributed by atoms with Gasteiger partial charge in [-0.1, -0.05) is 25.7 Å². The molecule has 0 bridgehead atoms. The fraction of sp³-hybridized carbons (Fsp3) is 0.300. The first-order valence-corrected chi connectivity index (χ1v) is 3.70. The topological polar surface area (TPSA) is 12.9 Å². The lowest BCUT2D eigenvalue weighted by Crippen LogP contribution is -1.79. The predicted molar refractivity (Wildman–Crippen MR) is 46.0 cm³/mol. The highest BCUT2D eigenvalue weighted by atomic mass is 14.6. The zero-order valence-electron chi connectivity index (χ0n) is 6.83. The Morgan fingerprint density at radius 2 is 1.91 bits per heavy atom. The Labute approximate surface area is 67.5 Å². The first-order valence-electron chi connectivity index (χ1n) is 3.70. The number of aromatic nitrogens is 1. The lowest BCUT2D eigenvalue weighted by atomic mass is 10.2. The molecule has 0 atom stereocenters. The van der Waals surface area contributed by atoms with E-state index in [-0.39, 0.29) is 0 Å². The summed E-state index contributed by atoms with van der Waals surface area (Å²) in [6.45, 7) is 4.16. The van der Waals surface area contributed by atoms with Crippen LogP contribution in [0.3, 0.4) is 0 Å². The molecule has 0 radical (unpaired) electrons. The van der Waals surface area contributed by atoms with Crippen molar-refractivity contribution in [2.24, 2.45) is 5.92 Å². The minimum Gasteiger partial charge on any atom is -0.265 e. The van der Waals surface area contributed by atoms with Crippen molar-refractivity contribution in [3.05, 3.63) is 30.1 Å². The molecule has 0 saturated heterocycles. The first-order chi connectivity index (χ1) is 5.29. The van der Waals surface area contributed by atoms with E-state index in [0.717, 1.165) is 5.56 Å². The summed E-state index contributed by atoms with van der Waals surface area (Å²) in [7, 11) is 0. The van der Waals surface area contributed by atoms with Crippen molar-refractivity contribution in [3.63, 3.8) is 0 Å². The van der Waals surface area contributed by atoms with Crippen molar-refractivity contribution in [1.82, 2.24) is 4.98 Å². The van der Waals surface area contributed by atoms with Crippen LogP contribution in [0.25, 0.3) is 0 Å². The predicted octanol–water partition coefficient (Wildman–Crippen LogP) is 2.09. The van der Waals surface area contributed by atoms with Gasteiger partial charge in [-0.2, -0.15) is 0 Å². The van der Waals surface area contributed by atoms with E-state index in [1.165, 1.54) is 0 Å². The summed E-state index contributed by atoms with van der Waals surface area (Å²) >= 11 is 0. The number of hydrogen-bond acceptors (Lipinski definition) is 1. The third kappa shape index (κ3) is 2.86. The van der Waals surface area contributed by atoms with Gasteiger partial charge in [-0.25, -0.2) is 0 Å². The van der Waals surface area contributed by atoms with Crippen LogP contribution in [-0.4, -0.2) is 4.98 Å². The lowest BCUT2D eigenvalue weighted by Gasteiger charge is -1.88. The number of hydrogen-bond donors (Lipinski definition) is 0. The Kier molecular flexibility index (Phi) is 2.68. The number of nitrogens with zero attached hydrogens (tertiary/aromatic N) is 1. The summed E-state index contributed by atoms with van der Waals surface area (Å²) in [5, 5.41) is 0. The van der Waals surface area contributed by atoms with E-state index in [1.54, 1.807) is 12.4 Å². The average molecular weight is 145 g/mol. The van der Waals surface area contributed by atoms with Crippen molar-refractivity contribution in [2.45, 2.75) is 13.8 Å². The van der Waals surface area contributed by atoms with Gasteiger partial charge in [0.2, 0.25) is 0 Å². The molecule has 0 aliphatic rings. The molecule has 0 aliphatic carbocycles. The molecule has 1 heteroatoms. The Morgan fingerprint density at radius 1 is 1.27 bits per heavy atom. The third-order valence-corrected chi connectivity index (χ3v) is 1.19. The van der Waals surface area contributed by atoms with E-state index >= 15 is 0 Å². The van der Waals surface area contributed by atoms with Gasteiger partial charge in [0.15, 0.2) is 0 Å². The van der Waals surface area contributed by atoms with Crippen molar-refractivity contribution < 1.29 is 0 Å². The van der Waals surface area contributed by atoms with Crippen LogP contribution in [0.2, 0.25) is 0 Å². The molecule has 0 saturated carbocycles. The van der Waals surface area contributed by atoms with E-state index in [0.29, 0.717) is 5.92 Å². The summed E-state index contributed by atoms with van der Waals surface area (Å²) in [5.41, 5.74) is 1.04. The highest BCUT2D eigenvalue weighted by Gasteiger charge is 1.83. The molecule has 1 aromatic rings. The molecule has 0 amide bonds. The van der Waals surface area contributed by atoms with Crippen molar-refractivity contribution in [3.8, 4) is 11.8 Å². The highest BCUT2D eigenvalue weighted by Crippen LogP contribution is 1.94. The average Bonchev–Trinajstić information content (AvgIpc) is 2.03. The van der Waals surface area contributed by atoms with Gasteiger partial charge in [-0.15, -0.1) is 0 Å². The van der Waals surface area contributed by atoms with Gasteiger partial charge in [-0.05, 0) is 12.1 Å². The molecule has 0 aliphatic heterocycles. The van der Waals surface area contributed by atoms with Crippen LogP contribution in [0.1, 0.15) is 19.4 Å². The molecule has 0 spiro atoms. The van der Waals surface area contributed by atoms with Gasteiger partial charge in [0, 0.05) is 23.9 Å². The van der Waals surface area contributed by atoms with Gasteiger partial charge >= 0.3 is 0 Å². The third-order valence-electron chi connectivity index (χ3n) is 1.19. The number of rotatable bonds is 0. The SMILES string of the molecule is CC(C)C#Cc1ccncc1. The normalized spacial score (nSPS) is 9.00. The van der Waals surface area contributed by atoms with E-state index in [1.807, 2.05) is 12.1 Å². The van der Waals surface area contributed by atoms with Gasteiger partial charge in [0.1, 0.15) is 0 Å². The van der Waals surface area contributed by atoms with Crippen LogP contribution in [0, 0.1) is 17.8 Å². The molecule has 0 unspecified atom stereocenters. The smallest absolute Gasteiger partial charge is 0.0280 e. The Hall–Kier alpha value is -1.29. The van der Waals surface area contributed by atoms with E-state index in [9.17, 15) is 0 Å². The molecule has 1 nitrogen and oxygen atoms in total. The Balaban J connectivity index is 2.75. The summed E-state index contributed by atoms with van der Waals surface area (Å²) in [4.78, 5) is 3.90. The first kappa shape index (κ1) is 7.81. The molecule has 56 valence electrons. The maximum Gasteiger partial charge on any atom is 0.0280 e. The summed E-state index contributed by atoms with van der Waals surface area (Å²) in [6, 6.07) is 3.82. The largest absolute Gasteiger partial charge is 0.265 e. The molecular formula is C10H11N. The molecule has 0 fully saturated rings. The van der Waals surface area contributed by atoms with Gasteiger partial charge < -0.3 is 0 Å². The van der Waals surface area contributed by atoms with Crippen LogP contribution in [-0.2, 0) is 0 Å². The monoisotopic (exact) mass is 145 g/mol. The minimum absolute atomic E-state index is 0.433. The second-order valence-electron chi connectivity index (χ2n) is 2.66. The minimum atomic E-state index is 0.433. The summed E-state index contributed by atoms with van der Waals surface area (Å²) in [6.07, 6.45) is 3.51. The molecule has 1 aromatic heterocycles. The zero-order valence-corrected chi connectivity index (χ0v) is 6.83. The fourth-order valence-corrected chi connectivity index (χ4v) is 0.663. The maximum absolute atomic E-state index is 3.90. The van der Waals surface area contributed by atoms with Crippen LogP contribution >= 0.6 is 0 Å². The molecular weight excluding hydrogens is 134 g/mol. The van der Waals surface area contributed by atoms with Gasteiger partial charge in [0.05, 0.1) is 0 Å². The second kappa shape index (κ2) is 3.78. The summed E-state index contributed by atoms with van der Waals surface area (Å²) in [5.74, 6) is 6.57. The molecule has 1 heterocycles. The standard InChI is InChI=1S/C10H11N/c1-9(2)3-4-10-5-7-11-8-6-10/h5-9H,1-2H3. The van der Waals surface area contributed by atoms with Crippen LogP contribution in [0.4, 0.5) is 0 Å².